The van der Waals surface area contributed by atoms with Crippen molar-refractivity contribution in [3.8, 4) is 0 Å². The highest BCUT2D eigenvalue weighted by molar-refractivity contribution is 7.91. The smallest absolute Gasteiger partial charge is 0.208 e. The highest BCUT2D eigenvalue weighted by Crippen LogP contribution is 2.29. The first-order valence-corrected chi connectivity index (χ1v) is 7.36. The van der Waals surface area contributed by atoms with Crippen LogP contribution in [0.15, 0.2) is 52.3 Å². The molecule has 0 spiro atoms. The number of aryl methyl sites for hydroxylation is 2. The molecule has 0 aliphatic heterocycles. The SMILES string of the molecule is Cc1ccc(S(=O)(=O)c2ccccc2C)c(Cl)c1. The van der Waals surface area contributed by atoms with Crippen LogP contribution in [0.25, 0.3) is 0 Å². The van der Waals surface area contributed by atoms with Gasteiger partial charge in [0.25, 0.3) is 0 Å². The zero-order valence-electron chi connectivity index (χ0n) is 10.1. The van der Waals surface area contributed by atoms with E-state index in [1.54, 1.807) is 43.3 Å². The Bertz CT molecular complexity index is 691. The van der Waals surface area contributed by atoms with Crippen molar-refractivity contribution in [3.05, 3.63) is 58.6 Å². The number of rotatable bonds is 2. The molecular weight excluding hydrogens is 268 g/mol. The summed E-state index contributed by atoms with van der Waals surface area (Å²) in [6.45, 7) is 3.64. The predicted octanol–water partition coefficient (Wildman–Crippen LogP) is 3.79. The maximum atomic E-state index is 12.5. The van der Waals surface area contributed by atoms with E-state index in [4.69, 9.17) is 11.6 Å². The Morgan fingerprint density at radius 3 is 2.22 bits per heavy atom. The van der Waals surface area contributed by atoms with Gasteiger partial charge in [-0.05, 0) is 43.2 Å². The first kappa shape index (κ1) is 13.1. The van der Waals surface area contributed by atoms with E-state index < -0.39 is 9.84 Å². The molecule has 0 saturated heterocycles. The summed E-state index contributed by atoms with van der Waals surface area (Å²) < 4.78 is 25.0. The molecule has 0 fully saturated rings. The molecule has 94 valence electrons. The predicted molar refractivity (Wildman–Crippen MR) is 72.8 cm³/mol. The second kappa shape index (κ2) is 4.75. The number of benzene rings is 2. The van der Waals surface area contributed by atoms with Gasteiger partial charge in [-0.2, -0.15) is 0 Å². The minimum absolute atomic E-state index is 0.157. The number of halogens is 1. The van der Waals surface area contributed by atoms with Crippen molar-refractivity contribution in [1.82, 2.24) is 0 Å². The first-order valence-electron chi connectivity index (χ1n) is 5.50. The lowest BCUT2D eigenvalue weighted by molar-refractivity contribution is 0.595. The van der Waals surface area contributed by atoms with Gasteiger partial charge in [-0.25, -0.2) is 8.42 Å². The van der Waals surface area contributed by atoms with E-state index in [2.05, 4.69) is 0 Å². The van der Waals surface area contributed by atoms with Crippen LogP contribution in [0.3, 0.4) is 0 Å². The Morgan fingerprint density at radius 2 is 1.61 bits per heavy atom. The Balaban J connectivity index is 2.66. The largest absolute Gasteiger partial charge is 0.218 e. The molecule has 0 atom stereocenters. The van der Waals surface area contributed by atoms with Crippen LogP contribution >= 0.6 is 11.6 Å². The average Bonchev–Trinajstić information content (AvgIpc) is 2.28. The summed E-state index contributed by atoms with van der Waals surface area (Å²) in [4.78, 5) is 0.458. The van der Waals surface area contributed by atoms with E-state index in [0.29, 0.717) is 10.5 Å². The van der Waals surface area contributed by atoms with E-state index in [1.807, 2.05) is 13.0 Å². The van der Waals surface area contributed by atoms with Crippen molar-refractivity contribution in [2.24, 2.45) is 0 Å². The quantitative estimate of drug-likeness (QED) is 0.839. The molecular formula is C14H13ClO2S. The molecule has 2 aromatic carbocycles. The summed E-state index contributed by atoms with van der Waals surface area (Å²) in [6.07, 6.45) is 0. The second-order valence-corrected chi connectivity index (χ2v) is 6.50. The zero-order valence-corrected chi connectivity index (χ0v) is 11.7. The van der Waals surface area contributed by atoms with Gasteiger partial charge in [0, 0.05) is 0 Å². The molecule has 0 bridgehead atoms. The molecule has 0 aliphatic carbocycles. The molecule has 2 aromatic rings. The van der Waals surface area contributed by atoms with Crippen LogP contribution in [0.5, 0.6) is 0 Å². The molecule has 0 unspecified atom stereocenters. The summed E-state index contributed by atoms with van der Waals surface area (Å²) in [5, 5.41) is 0.262. The van der Waals surface area contributed by atoms with Gasteiger partial charge in [-0.15, -0.1) is 0 Å². The Kier molecular flexibility index (Phi) is 3.46. The standard InChI is InChI=1S/C14H13ClO2S/c1-10-7-8-14(12(15)9-10)18(16,17)13-6-4-3-5-11(13)2/h3-9H,1-2H3. The fourth-order valence-corrected chi connectivity index (χ4v) is 3.89. The Labute approximate surface area is 112 Å². The molecule has 0 radical (unpaired) electrons. The summed E-state index contributed by atoms with van der Waals surface area (Å²) in [5.41, 5.74) is 1.65. The lowest BCUT2D eigenvalue weighted by Crippen LogP contribution is -2.04. The molecule has 2 nitrogen and oxygen atoms in total. The van der Waals surface area contributed by atoms with Crippen molar-refractivity contribution < 1.29 is 8.42 Å². The van der Waals surface area contributed by atoms with Gasteiger partial charge in [0.2, 0.25) is 9.84 Å². The molecule has 0 saturated carbocycles. The topological polar surface area (TPSA) is 34.1 Å². The fraction of sp³-hybridized carbons (Fsp3) is 0.143. The molecule has 0 aliphatic rings. The minimum Gasteiger partial charge on any atom is -0.218 e. The van der Waals surface area contributed by atoms with Gasteiger partial charge >= 0.3 is 0 Å². The fourth-order valence-electron chi connectivity index (χ4n) is 1.80. The van der Waals surface area contributed by atoms with Gasteiger partial charge in [0.05, 0.1) is 14.8 Å². The minimum atomic E-state index is -3.55. The number of hydrogen-bond donors (Lipinski definition) is 0. The maximum absolute atomic E-state index is 12.5. The van der Waals surface area contributed by atoms with Gasteiger partial charge in [0.15, 0.2) is 0 Å². The summed E-state index contributed by atoms with van der Waals surface area (Å²) in [6, 6.07) is 11.9. The van der Waals surface area contributed by atoms with Crippen molar-refractivity contribution in [2.75, 3.05) is 0 Å². The van der Waals surface area contributed by atoms with E-state index in [-0.39, 0.29) is 9.92 Å². The summed E-state index contributed by atoms with van der Waals surface area (Å²) >= 11 is 6.04. The van der Waals surface area contributed by atoms with Crippen molar-refractivity contribution >= 4 is 21.4 Å². The Hall–Kier alpha value is -1.32. The van der Waals surface area contributed by atoms with Gasteiger partial charge in [0.1, 0.15) is 0 Å². The van der Waals surface area contributed by atoms with Crippen molar-refractivity contribution in [2.45, 2.75) is 23.6 Å². The van der Waals surface area contributed by atoms with E-state index in [1.165, 1.54) is 0 Å². The number of hydrogen-bond acceptors (Lipinski definition) is 2. The van der Waals surface area contributed by atoms with Crippen molar-refractivity contribution in [3.63, 3.8) is 0 Å². The monoisotopic (exact) mass is 280 g/mol. The highest BCUT2D eigenvalue weighted by Gasteiger charge is 2.22. The molecule has 18 heavy (non-hydrogen) atoms. The molecule has 2 rings (SSSR count). The van der Waals surface area contributed by atoms with Gasteiger partial charge in [-0.1, -0.05) is 35.9 Å². The van der Waals surface area contributed by atoms with Gasteiger partial charge in [-0.3, -0.25) is 0 Å². The van der Waals surface area contributed by atoms with Crippen LogP contribution in [0.1, 0.15) is 11.1 Å². The second-order valence-electron chi connectivity index (χ2n) is 4.20. The van der Waals surface area contributed by atoms with Gasteiger partial charge < -0.3 is 0 Å². The highest BCUT2D eigenvalue weighted by atomic mass is 35.5. The summed E-state index contributed by atoms with van der Waals surface area (Å²) in [7, 11) is -3.55. The zero-order chi connectivity index (χ0) is 13.3. The third kappa shape index (κ3) is 2.28. The van der Waals surface area contributed by atoms with Crippen LogP contribution < -0.4 is 0 Å². The van der Waals surface area contributed by atoms with Crippen LogP contribution in [-0.4, -0.2) is 8.42 Å². The number of sulfone groups is 1. The third-order valence-corrected chi connectivity index (χ3v) is 5.16. The molecule has 0 aromatic heterocycles. The lowest BCUT2D eigenvalue weighted by Gasteiger charge is -2.09. The molecule has 0 amide bonds. The van der Waals surface area contributed by atoms with E-state index >= 15 is 0 Å². The van der Waals surface area contributed by atoms with Crippen LogP contribution in [-0.2, 0) is 9.84 Å². The maximum Gasteiger partial charge on any atom is 0.208 e. The van der Waals surface area contributed by atoms with Crippen molar-refractivity contribution in [1.29, 1.82) is 0 Å². The van der Waals surface area contributed by atoms with Crippen LogP contribution in [0.4, 0.5) is 0 Å². The Morgan fingerprint density at radius 1 is 0.944 bits per heavy atom. The lowest BCUT2D eigenvalue weighted by atomic mass is 10.2. The normalized spacial score (nSPS) is 11.5. The molecule has 0 N–H and O–H groups in total. The first-order chi connectivity index (χ1) is 8.43. The van der Waals surface area contributed by atoms with E-state index in [0.717, 1.165) is 5.56 Å². The van der Waals surface area contributed by atoms with E-state index in [9.17, 15) is 8.42 Å². The third-order valence-electron chi connectivity index (χ3n) is 2.76. The van der Waals surface area contributed by atoms with Crippen LogP contribution in [0, 0.1) is 13.8 Å². The molecule has 4 heteroatoms. The summed E-state index contributed by atoms with van der Waals surface area (Å²) in [5.74, 6) is 0. The average molecular weight is 281 g/mol. The molecule has 0 heterocycles. The van der Waals surface area contributed by atoms with Crippen LogP contribution in [0.2, 0.25) is 5.02 Å².